The van der Waals surface area contributed by atoms with Crippen molar-refractivity contribution in [3.05, 3.63) is 35.4 Å². The molecule has 4 nitrogen and oxygen atoms in total. The van der Waals surface area contributed by atoms with Crippen LogP contribution in [0.4, 0.5) is 0 Å². The number of hydrogen-bond acceptors (Lipinski definition) is 3. The van der Waals surface area contributed by atoms with E-state index in [1.165, 1.54) is 30.4 Å². The van der Waals surface area contributed by atoms with E-state index in [1.807, 2.05) is 0 Å². The summed E-state index contributed by atoms with van der Waals surface area (Å²) in [7, 11) is -1.88. The Hall–Kier alpha value is -1.46. The lowest BCUT2D eigenvalue weighted by Crippen LogP contribution is -2.41. The number of unbranched alkanes of at least 4 members (excludes halogenated alkanes) is 5. The molecule has 0 saturated heterocycles. The van der Waals surface area contributed by atoms with Gasteiger partial charge in [-0.25, -0.2) is 0 Å². The molecule has 0 bridgehead atoms. The molecule has 1 aromatic carbocycles. The Kier molecular flexibility index (Phi) is 11.7. The van der Waals surface area contributed by atoms with Gasteiger partial charge in [0.25, 0.3) is 0 Å². The van der Waals surface area contributed by atoms with Gasteiger partial charge in [0.15, 0.2) is 8.32 Å². The SMILES string of the molecule is CCCCC[C@H](O[Si](C)(C)C(C)(C)C)c1ccc(C2CCC(=O)C2CCCCCCC(=O)O)cc1. The van der Waals surface area contributed by atoms with Gasteiger partial charge in [0.1, 0.15) is 5.78 Å². The van der Waals surface area contributed by atoms with Gasteiger partial charge < -0.3 is 9.53 Å². The number of ketones is 1. The Morgan fingerprint density at radius 3 is 2.31 bits per heavy atom. The Morgan fingerprint density at radius 2 is 1.71 bits per heavy atom. The first-order valence-corrected chi connectivity index (χ1v) is 16.9. The molecule has 198 valence electrons. The molecule has 0 aromatic heterocycles. The molecule has 5 heteroatoms. The quantitative estimate of drug-likeness (QED) is 0.192. The van der Waals surface area contributed by atoms with Crippen molar-refractivity contribution < 1.29 is 19.1 Å². The molecular formula is C30H50O4Si. The van der Waals surface area contributed by atoms with Crippen LogP contribution in [0.25, 0.3) is 0 Å². The van der Waals surface area contributed by atoms with Gasteiger partial charge in [-0.3, -0.25) is 9.59 Å². The highest BCUT2D eigenvalue weighted by Gasteiger charge is 2.39. The summed E-state index contributed by atoms with van der Waals surface area (Å²) in [5, 5.41) is 8.97. The van der Waals surface area contributed by atoms with Crippen LogP contribution in [0.1, 0.15) is 128 Å². The second-order valence-corrected chi connectivity index (χ2v) is 16.9. The van der Waals surface area contributed by atoms with Gasteiger partial charge in [0.05, 0.1) is 6.10 Å². The molecule has 0 amide bonds. The summed E-state index contributed by atoms with van der Waals surface area (Å²) in [5.74, 6) is 0.115. The third-order valence-electron chi connectivity index (χ3n) is 8.31. The number of rotatable bonds is 15. The first-order valence-electron chi connectivity index (χ1n) is 14.0. The molecule has 2 unspecified atom stereocenters. The summed E-state index contributed by atoms with van der Waals surface area (Å²) >= 11 is 0. The van der Waals surface area contributed by atoms with Crippen LogP contribution < -0.4 is 0 Å². The smallest absolute Gasteiger partial charge is 0.303 e. The molecule has 35 heavy (non-hydrogen) atoms. The van der Waals surface area contributed by atoms with Crippen molar-refractivity contribution >= 4 is 20.1 Å². The van der Waals surface area contributed by atoms with Crippen LogP contribution in [-0.4, -0.2) is 25.2 Å². The summed E-state index contributed by atoms with van der Waals surface area (Å²) < 4.78 is 6.89. The Labute approximate surface area is 215 Å². The minimum atomic E-state index is -1.88. The fourth-order valence-electron chi connectivity index (χ4n) is 5.03. The second kappa shape index (κ2) is 13.7. The normalized spacial score (nSPS) is 19.8. The van der Waals surface area contributed by atoms with Crippen LogP contribution >= 0.6 is 0 Å². The van der Waals surface area contributed by atoms with Crippen LogP contribution in [0.5, 0.6) is 0 Å². The predicted molar refractivity (Wildman–Crippen MR) is 147 cm³/mol. The third kappa shape index (κ3) is 9.17. The van der Waals surface area contributed by atoms with Gasteiger partial charge in [-0.15, -0.1) is 0 Å². The number of carboxylic acid groups (broad SMARTS) is 1. The highest BCUT2D eigenvalue weighted by atomic mass is 28.4. The zero-order valence-electron chi connectivity index (χ0n) is 23.2. The van der Waals surface area contributed by atoms with E-state index < -0.39 is 14.3 Å². The molecule has 0 spiro atoms. The lowest BCUT2D eigenvalue weighted by atomic mass is 9.84. The van der Waals surface area contributed by atoms with Gasteiger partial charge in [0, 0.05) is 18.8 Å². The van der Waals surface area contributed by atoms with Crippen molar-refractivity contribution in [1.29, 1.82) is 0 Å². The number of carboxylic acids is 1. The summed E-state index contributed by atoms with van der Waals surface area (Å²) in [4.78, 5) is 23.3. The van der Waals surface area contributed by atoms with Crippen LogP contribution in [0.3, 0.4) is 0 Å². The van der Waals surface area contributed by atoms with Crippen molar-refractivity contribution in [2.45, 2.75) is 135 Å². The predicted octanol–water partition coefficient (Wildman–Crippen LogP) is 8.82. The van der Waals surface area contributed by atoms with E-state index in [-0.39, 0.29) is 23.5 Å². The van der Waals surface area contributed by atoms with E-state index in [1.54, 1.807) is 0 Å². The van der Waals surface area contributed by atoms with Gasteiger partial charge in [-0.2, -0.15) is 0 Å². The highest BCUT2D eigenvalue weighted by Crippen LogP contribution is 2.43. The molecule has 1 N–H and O–H groups in total. The lowest BCUT2D eigenvalue weighted by molar-refractivity contribution is -0.137. The number of hydrogen-bond donors (Lipinski definition) is 1. The molecule has 1 saturated carbocycles. The van der Waals surface area contributed by atoms with Crippen molar-refractivity contribution in [2.24, 2.45) is 5.92 Å². The lowest BCUT2D eigenvalue weighted by Gasteiger charge is -2.39. The molecule has 2 rings (SSSR count). The number of aliphatic carboxylic acids is 1. The number of benzene rings is 1. The molecule has 1 aliphatic rings. The molecular weight excluding hydrogens is 452 g/mol. The van der Waals surface area contributed by atoms with Gasteiger partial charge >= 0.3 is 5.97 Å². The van der Waals surface area contributed by atoms with Crippen LogP contribution in [0.2, 0.25) is 18.1 Å². The van der Waals surface area contributed by atoms with E-state index in [0.29, 0.717) is 18.1 Å². The zero-order valence-corrected chi connectivity index (χ0v) is 24.2. The van der Waals surface area contributed by atoms with E-state index in [0.717, 1.165) is 44.9 Å². The summed E-state index contributed by atoms with van der Waals surface area (Å²) in [5.41, 5.74) is 2.56. The van der Waals surface area contributed by atoms with Gasteiger partial charge in [0.2, 0.25) is 0 Å². The maximum absolute atomic E-state index is 12.6. The van der Waals surface area contributed by atoms with Gasteiger partial charge in [-0.05, 0) is 60.9 Å². The van der Waals surface area contributed by atoms with E-state index >= 15 is 0 Å². The molecule has 1 aromatic rings. The molecule has 0 radical (unpaired) electrons. The molecule has 0 aliphatic heterocycles. The van der Waals surface area contributed by atoms with Gasteiger partial charge in [-0.1, -0.05) is 90.5 Å². The third-order valence-corrected chi connectivity index (χ3v) is 12.8. The average molecular weight is 503 g/mol. The Bertz CT molecular complexity index is 794. The second-order valence-electron chi connectivity index (χ2n) is 12.1. The van der Waals surface area contributed by atoms with Crippen molar-refractivity contribution in [3.63, 3.8) is 0 Å². The fraction of sp³-hybridized carbons (Fsp3) is 0.733. The fourth-order valence-corrected chi connectivity index (χ4v) is 6.35. The average Bonchev–Trinajstić information content (AvgIpc) is 3.15. The van der Waals surface area contributed by atoms with Crippen molar-refractivity contribution in [2.75, 3.05) is 0 Å². The zero-order chi connectivity index (χ0) is 26.1. The van der Waals surface area contributed by atoms with E-state index in [9.17, 15) is 9.59 Å². The Morgan fingerprint density at radius 1 is 1.06 bits per heavy atom. The van der Waals surface area contributed by atoms with E-state index in [2.05, 4.69) is 65.1 Å². The van der Waals surface area contributed by atoms with Crippen LogP contribution in [0, 0.1) is 5.92 Å². The topological polar surface area (TPSA) is 63.6 Å². The summed E-state index contributed by atoms with van der Waals surface area (Å²) in [6.07, 6.45) is 11.3. The van der Waals surface area contributed by atoms with Crippen LogP contribution in [-0.2, 0) is 14.0 Å². The molecule has 1 aliphatic carbocycles. The maximum Gasteiger partial charge on any atom is 0.303 e. The molecule has 1 fully saturated rings. The number of carbonyl (C=O) groups excluding carboxylic acids is 1. The summed E-state index contributed by atoms with van der Waals surface area (Å²) in [6.45, 7) is 13.8. The van der Waals surface area contributed by atoms with E-state index in [4.69, 9.17) is 9.53 Å². The minimum Gasteiger partial charge on any atom is -0.481 e. The monoisotopic (exact) mass is 502 g/mol. The Balaban J connectivity index is 2.05. The highest BCUT2D eigenvalue weighted by molar-refractivity contribution is 6.74. The van der Waals surface area contributed by atoms with Crippen molar-refractivity contribution in [3.8, 4) is 0 Å². The standard InChI is InChI=1S/C30H50O4Si/c1-7-8-11-15-28(34-35(5,6)30(2,3)4)24-19-17-23(18-20-24)25-21-22-27(31)26(25)14-12-9-10-13-16-29(32)33/h17-20,25-26,28H,7-16,21-22H2,1-6H3,(H,32,33)/t25?,26?,28-/m0/s1. The number of carbonyl (C=O) groups is 2. The first-order chi connectivity index (χ1) is 16.5. The minimum absolute atomic E-state index is 0.115. The van der Waals surface area contributed by atoms with Crippen molar-refractivity contribution in [1.82, 2.24) is 0 Å². The maximum atomic E-state index is 12.6. The molecule has 3 atom stereocenters. The first kappa shape index (κ1) is 29.8. The largest absolute Gasteiger partial charge is 0.481 e. The summed E-state index contributed by atoms with van der Waals surface area (Å²) in [6, 6.07) is 9.01. The number of Topliss-reactive ketones (excluding diaryl/α,β-unsaturated/α-hetero) is 1. The van der Waals surface area contributed by atoms with Crippen LogP contribution in [0.15, 0.2) is 24.3 Å². The molecule has 0 heterocycles.